The molecule has 1 N–H and O–H groups in total. The Morgan fingerprint density at radius 3 is 2.56 bits per heavy atom. The smallest absolute Gasteiger partial charge is 0.308 e. The summed E-state index contributed by atoms with van der Waals surface area (Å²) in [6, 6.07) is 0. The molecule has 0 radical (unpaired) electrons. The average molecular weight is 254 g/mol. The molecule has 2 aliphatic rings. The van der Waals surface area contributed by atoms with Crippen molar-refractivity contribution in [3.63, 3.8) is 0 Å². The molecule has 0 spiro atoms. The fourth-order valence-electron chi connectivity index (χ4n) is 2.66. The van der Waals surface area contributed by atoms with Gasteiger partial charge in [-0.3, -0.25) is 14.4 Å². The monoisotopic (exact) mass is 254 g/mol. The summed E-state index contributed by atoms with van der Waals surface area (Å²) in [7, 11) is 0. The van der Waals surface area contributed by atoms with Gasteiger partial charge in [-0.2, -0.15) is 0 Å². The van der Waals surface area contributed by atoms with Crippen LogP contribution < -0.4 is 0 Å². The Hall–Kier alpha value is -1.59. The van der Waals surface area contributed by atoms with Crippen LogP contribution in [-0.2, 0) is 14.4 Å². The molecule has 0 aromatic carbocycles. The van der Waals surface area contributed by atoms with Crippen molar-refractivity contribution in [2.45, 2.75) is 19.8 Å². The van der Waals surface area contributed by atoms with E-state index in [1.165, 1.54) is 0 Å². The van der Waals surface area contributed by atoms with E-state index < -0.39 is 11.9 Å². The first kappa shape index (κ1) is 12.9. The molecule has 100 valence electrons. The van der Waals surface area contributed by atoms with Gasteiger partial charge in [0.1, 0.15) is 0 Å². The van der Waals surface area contributed by atoms with Crippen LogP contribution in [0.2, 0.25) is 0 Å². The van der Waals surface area contributed by atoms with Gasteiger partial charge in [0.25, 0.3) is 0 Å². The van der Waals surface area contributed by atoms with Crippen molar-refractivity contribution < 1.29 is 19.5 Å². The van der Waals surface area contributed by atoms with Gasteiger partial charge in [0.2, 0.25) is 11.8 Å². The molecule has 0 aromatic rings. The third-order valence-corrected chi connectivity index (χ3v) is 3.79. The number of carbonyl (C=O) groups is 3. The molecule has 2 unspecified atom stereocenters. The Morgan fingerprint density at radius 2 is 2.06 bits per heavy atom. The number of hydrogen-bond acceptors (Lipinski definition) is 3. The minimum atomic E-state index is -0.844. The number of nitrogens with zero attached hydrogens (tertiary/aromatic N) is 2. The van der Waals surface area contributed by atoms with E-state index in [1.54, 1.807) is 9.80 Å². The van der Waals surface area contributed by atoms with Crippen molar-refractivity contribution in [1.82, 2.24) is 9.80 Å². The van der Waals surface area contributed by atoms with Crippen molar-refractivity contribution in [2.75, 3.05) is 26.2 Å². The molecule has 0 aromatic heterocycles. The third-order valence-electron chi connectivity index (χ3n) is 3.79. The van der Waals surface area contributed by atoms with Crippen LogP contribution in [-0.4, -0.2) is 58.9 Å². The Bertz CT molecular complexity index is 382. The number of rotatable bonds is 3. The summed E-state index contributed by atoms with van der Waals surface area (Å²) in [5.41, 5.74) is 0. The lowest BCUT2D eigenvalue weighted by molar-refractivity contribution is -0.141. The van der Waals surface area contributed by atoms with Crippen molar-refractivity contribution >= 4 is 17.8 Å². The van der Waals surface area contributed by atoms with E-state index >= 15 is 0 Å². The van der Waals surface area contributed by atoms with E-state index in [0.29, 0.717) is 26.1 Å². The molecule has 2 amide bonds. The fraction of sp³-hybridized carbons (Fsp3) is 0.750. The van der Waals surface area contributed by atoms with Gasteiger partial charge in [-0.1, -0.05) is 0 Å². The maximum Gasteiger partial charge on any atom is 0.308 e. The van der Waals surface area contributed by atoms with Crippen LogP contribution in [0.25, 0.3) is 0 Å². The predicted octanol–water partition coefficient (Wildman–Crippen LogP) is -0.212. The van der Waals surface area contributed by atoms with Gasteiger partial charge in [-0.05, 0) is 13.3 Å². The summed E-state index contributed by atoms with van der Waals surface area (Å²) in [4.78, 5) is 37.9. The van der Waals surface area contributed by atoms with Crippen LogP contribution in [0.5, 0.6) is 0 Å². The molecular weight excluding hydrogens is 236 g/mol. The van der Waals surface area contributed by atoms with E-state index in [2.05, 4.69) is 0 Å². The molecule has 2 rings (SSSR count). The lowest BCUT2D eigenvalue weighted by atomic mass is 10.1. The summed E-state index contributed by atoms with van der Waals surface area (Å²) >= 11 is 0. The molecule has 2 saturated heterocycles. The molecule has 6 nitrogen and oxygen atoms in total. The Labute approximate surface area is 106 Å². The zero-order valence-electron chi connectivity index (χ0n) is 10.5. The lowest BCUT2D eigenvalue weighted by Crippen LogP contribution is -2.36. The highest BCUT2D eigenvalue weighted by Crippen LogP contribution is 2.24. The number of hydrogen-bond donors (Lipinski definition) is 1. The summed E-state index contributed by atoms with van der Waals surface area (Å²) in [6.07, 6.45) is 0.778. The van der Waals surface area contributed by atoms with E-state index in [1.807, 2.05) is 6.92 Å². The van der Waals surface area contributed by atoms with Gasteiger partial charge in [0.15, 0.2) is 0 Å². The van der Waals surface area contributed by atoms with Crippen LogP contribution in [0.15, 0.2) is 0 Å². The third kappa shape index (κ3) is 2.32. The fourth-order valence-corrected chi connectivity index (χ4v) is 2.66. The Balaban J connectivity index is 1.93. The molecular formula is C12H18N2O4. The van der Waals surface area contributed by atoms with E-state index in [9.17, 15) is 14.4 Å². The molecule has 2 atom stereocenters. The van der Waals surface area contributed by atoms with Crippen LogP contribution >= 0.6 is 0 Å². The molecule has 2 fully saturated rings. The molecule has 2 heterocycles. The number of carboxylic acids is 1. The molecule has 2 aliphatic heterocycles. The average Bonchev–Trinajstić information content (AvgIpc) is 2.94. The second-order valence-corrected chi connectivity index (χ2v) is 4.94. The van der Waals surface area contributed by atoms with Gasteiger partial charge in [0, 0.05) is 32.6 Å². The molecule has 0 bridgehead atoms. The summed E-state index contributed by atoms with van der Waals surface area (Å²) in [6.45, 7) is 3.77. The predicted molar refractivity (Wildman–Crippen MR) is 62.7 cm³/mol. The highest BCUT2D eigenvalue weighted by molar-refractivity contribution is 5.89. The molecule has 0 saturated carbocycles. The van der Waals surface area contributed by atoms with Crippen molar-refractivity contribution in [3.8, 4) is 0 Å². The molecule has 0 aliphatic carbocycles. The van der Waals surface area contributed by atoms with Crippen LogP contribution in [0.1, 0.15) is 19.8 Å². The SMILES string of the molecule is CCN1CC(C(=O)N2CCC(C(=O)O)C2)CC1=O. The minimum absolute atomic E-state index is 0.0184. The van der Waals surface area contributed by atoms with Crippen LogP contribution in [0, 0.1) is 11.8 Å². The standard InChI is InChI=1S/C12H18N2O4/c1-2-13-7-9(5-10(13)15)11(16)14-4-3-8(6-14)12(17)18/h8-9H,2-7H2,1H3,(H,17,18). The van der Waals surface area contributed by atoms with Crippen molar-refractivity contribution in [3.05, 3.63) is 0 Å². The number of amides is 2. The van der Waals surface area contributed by atoms with Crippen molar-refractivity contribution in [2.24, 2.45) is 11.8 Å². The van der Waals surface area contributed by atoms with Crippen LogP contribution in [0.3, 0.4) is 0 Å². The maximum atomic E-state index is 12.2. The second kappa shape index (κ2) is 4.96. The topological polar surface area (TPSA) is 77.9 Å². The first-order chi connectivity index (χ1) is 8.52. The summed E-state index contributed by atoms with van der Waals surface area (Å²) < 4.78 is 0. The number of aliphatic carboxylic acids is 1. The number of carbonyl (C=O) groups excluding carboxylic acids is 2. The number of carboxylic acid groups (broad SMARTS) is 1. The van der Waals surface area contributed by atoms with E-state index in [4.69, 9.17) is 5.11 Å². The van der Waals surface area contributed by atoms with E-state index in [-0.39, 0.29) is 30.7 Å². The first-order valence-corrected chi connectivity index (χ1v) is 6.32. The summed E-state index contributed by atoms with van der Waals surface area (Å²) in [5.74, 6) is -1.63. The van der Waals surface area contributed by atoms with Gasteiger partial charge >= 0.3 is 5.97 Å². The van der Waals surface area contributed by atoms with Gasteiger partial charge in [-0.15, -0.1) is 0 Å². The van der Waals surface area contributed by atoms with Gasteiger partial charge < -0.3 is 14.9 Å². The van der Waals surface area contributed by atoms with Gasteiger partial charge in [0.05, 0.1) is 11.8 Å². The zero-order chi connectivity index (χ0) is 13.3. The normalized spacial score (nSPS) is 27.9. The maximum absolute atomic E-state index is 12.2. The van der Waals surface area contributed by atoms with E-state index in [0.717, 1.165) is 0 Å². The Morgan fingerprint density at radius 1 is 1.33 bits per heavy atom. The first-order valence-electron chi connectivity index (χ1n) is 6.32. The van der Waals surface area contributed by atoms with Crippen molar-refractivity contribution in [1.29, 1.82) is 0 Å². The number of likely N-dealkylation sites (tertiary alicyclic amines) is 2. The molecule has 18 heavy (non-hydrogen) atoms. The van der Waals surface area contributed by atoms with Gasteiger partial charge in [-0.25, -0.2) is 0 Å². The summed E-state index contributed by atoms with van der Waals surface area (Å²) in [5, 5.41) is 8.90. The Kier molecular flexibility index (Phi) is 3.54. The lowest BCUT2D eigenvalue weighted by Gasteiger charge is -2.20. The zero-order valence-corrected chi connectivity index (χ0v) is 10.5. The quantitative estimate of drug-likeness (QED) is 0.755. The largest absolute Gasteiger partial charge is 0.481 e. The second-order valence-electron chi connectivity index (χ2n) is 4.94. The highest BCUT2D eigenvalue weighted by atomic mass is 16.4. The minimum Gasteiger partial charge on any atom is -0.481 e. The highest BCUT2D eigenvalue weighted by Gasteiger charge is 2.39. The van der Waals surface area contributed by atoms with Crippen LogP contribution in [0.4, 0.5) is 0 Å². The molecule has 6 heteroatoms.